The van der Waals surface area contributed by atoms with Crippen LogP contribution in [-0.2, 0) is 11.2 Å². The molecule has 1 aliphatic heterocycles. The van der Waals surface area contributed by atoms with Gasteiger partial charge in [0.25, 0.3) is 0 Å². The van der Waals surface area contributed by atoms with Gasteiger partial charge in [0.15, 0.2) is 0 Å². The van der Waals surface area contributed by atoms with Crippen LogP contribution in [0, 0.1) is 11.3 Å². The Morgan fingerprint density at radius 3 is 2.57 bits per heavy atom. The van der Waals surface area contributed by atoms with Gasteiger partial charge in [0.1, 0.15) is 0 Å². The SMILES string of the molecule is CC(C)(C)CC(C)(C)NC(=O)C1CNc2ccccc2C1. The maximum Gasteiger partial charge on any atom is 0.225 e. The standard InChI is InChI=1S/C18H28N2O/c1-17(2,3)12-18(4,5)20-16(21)14-10-13-8-6-7-9-15(13)19-11-14/h6-9,14,19H,10-12H2,1-5H3,(H,20,21). The molecule has 1 heterocycles. The minimum atomic E-state index is -0.174. The van der Waals surface area contributed by atoms with Crippen LogP contribution < -0.4 is 10.6 Å². The summed E-state index contributed by atoms with van der Waals surface area (Å²) in [5.41, 5.74) is 2.42. The Hall–Kier alpha value is -1.51. The van der Waals surface area contributed by atoms with Crippen molar-refractivity contribution in [2.75, 3.05) is 11.9 Å². The first kappa shape index (κ1) is 15.9. The molecule has 0 aliphatic carbocycles. The summed E-state index contributed by atoms with van der Waals surface area (Å²) in [5.74, 6) is 0.172. The van der Waals surface area contributed by atoms with Crippen LogP contribution in [0.5, 0.6) is 0 Å². The monoisotopic (exact) mass is 288 g/mol. The van der Waals surface area contributed by atoms with E-state index in [2.05, 4.69) is 57.4 Å². The zero-order valence-corrected chi connectivity index (χ0v) is 13.9. The number of rotatable bonds is 3. The molecule has 1 unspecified atom stereocenters. The van der Waals surface area contributed by atoms with Gasteiger partial charge < -0.3 is 10.6 Å². The lowest BCUT2D eigenvalue weighted by atomic mass is 9.81. The fourth-order valence-electron chi connectivity index (χ4n) is 3.43. The number of hydrogen-bond acceptors (Lipinski definition) is 2. The number of benzene rings is 1. The molecular formula is C18H28N2O. The molecular weight excluding hydrogens is 260 g/mol. The first-order valence-corrected chi connectivity index (χ1v) is 7.80. The summed E-state index contributed by atoms with van der Waals surface area (Å²) in [6.45, 7) is 11.6. The normalized spacial score (nSPS) is 18.6. The third-order valence-electron chi connectivity index (χ3n) is 3.83. The Morgan fingerprint density at radius 1 is 1.24 bits per heavy atom. The minimum Gasteiger partial charge on any atom is -0.384 e. The second-order valence-corrected chi connectivity index (χ2v) is 8.05. The molecule has 21 heavy (non-hydrogen) atoms. The lowest BCUT2D eigenvalue weighted by Gasteiger charge is -2.35. The van der Waals surface area contributed by atoms with E-state index in [1.807, 2.05) is 12.1 Å². The second kappa shape index (κ2) is 5.70. The van der Waals surface area contributed by atoms with Crippen LogP contribution in [-0.4, -0.2) is 18.0 Å². The van der Waals surface area contributed by atoms with Gasteiger partial charge in [0.05, 0.1) is 5.92 Å². The third kappa shape index (κ3) is 4.48. The summed E-state index contributed by atoms with van der Waals surface area (Å²) in [6.07, 6.45) is 1.78. The van der Waals surface area contributed by atoms with Crippen LogP contribution in [0.25, 0.3) is 0 Å². The van der Waals surface area contributed by atoms with Crippen molar-refractivity contribution in [1.29, 1.82) is 0 Å². The summed E-state index contributed by atoms with van der Waals surface area (Å²) in [5, 5.41) is 6.60. The number of nitrogens with one attached hydrogen (secondary N) is 2. The summed E-state index contributed by atoms with van der Waals surface area (Å²) in [4.78, 5) is 12.6. The maximum atomic E-state index is 12.6. The van der Waals surface area contributed by atoms with Crippen LogP contribution in [0.3, 0.4) is 0 Å². The molecule has 116 valence electrons. The summed E-state index contributed by atoms with van der Waals surface area (Å²) < 4.78 is 0. The van der Waals surface area contributed by atoms with Crippen molar-refractivity contribution in [2.45, 2.75) is 53.0 Å². The van der Waals surface area contributed by atoms with Crippen molar-refractivity contribution in [3.8, 4) is 0 Å². The van der Waals surface area contributed by atoms with Crippen LogP contribution in [0.4, 0.5) is 5.69 Å². The molecule has 0 spiro atoms. The molecule has 0 bridgehead atoms. The van der Waals surface area contributed by atoms with Gasteiger partial charge >= 0.3 is 0 Å². The van der Waals surface area contributed by atoms with Crippen LogP contribution in [0.1, 0.15) is 46.6 Å². The zero-order chi connectivity index (χ0) is 15.7. The molecule has 1 aliphatic rings. The van der Waals surface area contributed by atoms with E-state index in [0.717, 1.165) is 18.5 Å². The average molecular weight is 288 g/mol. The van der Waals surface area contributed by atoms with E-state index in [0.29, 0.717) is 6.54 Å². The fourth-order valence-corrected chi connectivity index (χ4v) is 3.43. The number of fused-ring (bicyclic) bond motifs is 1. The van der Waals surface area contributed by atoms with Gasteiger partial charge in [-0.25, -0.2) is 0 Å². The van der Waals surface area contributed by atoms with Crippen LogP contribution in [0.15, 0.2) is 24.3 Å². The Labute approximate surface area is 128 Å². The molecule has 2 rings (SSSR count). The quantitative estimate of drug-likeness (QED) is 0.892. The second-order valence-electron chi connectivity index (χ2n) is 8.05. The summed E-state index contributed by atoms with van der Waals surface area (Å²) >= 11 is 0. The van der Waals surface area contributed by atoms with Crippen molar-refractivity contribution in [3.63, 3.8) is 0 Å². The molecule has 2 N–H and O–H groups in total. The summed E-state index contributed by atoms with van der Waals surface area (Å²) in [6, 6.07) is 8.23. The van der Waals surface area contributed by atoms with E-state index in [-0.39, 0.29) is 22.8 Å². The predicted octanol–water partition coefficient (Wildman–Crippen LogP) is 3.60. The van der Waals surface area contributed by atoms with Gasteiger partial charge in [0.2, 0.25) is 5.91 Å². The molecule has 0 aromatic heterocycles. The maximum absolute atomic E-state index is 12.6. The van der Waals surface area contributed by atoms with E-state index in [1.54, 1.807) is 0 Å². The molecule has 1 aromatic carbocycles. The van der Waals surface area contributed by atoms with E-state index >= 15 is 0 Å². The number of anilines is 1. The van der Waals surface area contributed by atoms with E-state index in [4.69, 9.17) is 0 Å². The lowest BCUT2D eigenvalue weighted by Crippen LogP contribution is -2.50. The molecule has 3 heteroatoms. The predicted molar refractivity (Wildman–Crippen MR) is 88.4 cm³/mol. The highest BCUT2D eigenvalue weighted by molar-refractivity contribution is 5.81. The van der Waals surface area contributed by atoms with E-state index in [1.165, 1.54) is 5.56 Å². The van der Waals surface area contributed by atoms with Gasteiger partial charge in [-0.3, -0.25) is 4.79 Å². The Kier molecular flexibility index (Phi) is 4.31. The zero-order valence-electron chi connectivity index (χ0n) is 13.9. The Bertz CT molecular complexity index is 514. The van der Waals surface area contributed by atoms with E-state index < -0.39 is 0 Å². The average Bonchev–Trinajstić information content (AvgIpc) is 2.34. The van der Waals surface area contributed by atoms with Gasteiger partial charge in [0, 0.05) is 17.8 Å². The molecule has 1 aromatic rings. The summed E-state index contributed by atoms with van der Waals surface area (Å²) in [7, 11) is 0. The lowest BCUT2D eigenvalue weighted by molar-refractivity contribution is -0.126. The number of carbonyl (C=O) groups excluding carboxylic acids is 1. The molecule has 0 saturated carbocycles. The fraction of sp³-hybridized carbons (Fsp3) is 0.611. The number of carbonyl (C=O) groups is 1. The van der Waals surface area contributed by atoms with E-state index in [9.17, 15) is 4.79 Å². The first-order chi connectivity index (χ1) is 9.66. The number of hydrogen-bond donors (Lipinski definition) is 2. The van der Waals surface area contributed by atoms with Crippen molar-refractivity contribution >= 4 is 11.6 Å². The van der Waals surface area contributed by atoms with Gasteiger partial charge in [-0.15, -0.1) is 0 Å². The molecule has 0 radical (unpaired) electrons. The highest BCUT2D eigenvalue weighted by atomic mass is 16.2. The topological polar surface area (TPSA) is 41.1 Å². The molecule has 1 amide bonds. The van der Waals surface area contributed by atoms with Crippen molar-refractivity contribution in [1.82, 2.24) is 5.32 Å². The molecule has 0 fully saturated rings. The minimum absolute atomic E-state index is 0.0131. The van der Waals surface area contributed by atoms with Gasteiger partial charge in [-0.2, -0.15) is 0 Å². The Morgan fingerprint density at radius 2 is 1.90 bits per heavy atom. The van der Waals surface area contributed by atoms with Crippen LogP contribution in [0.2, 0.25) is 0 Å². The largest absolute Gasteiger partial charge is 0.384 e. The van der Waals surface area contributed by atoms with Crippen molar-refractivity contribution in [3.05, 3.63) is 29.8 Å². The van der Waals surface area contributed by atoms with Crippen LogP contribution >= 0.6 is 0 Å². The highest BCUT2D eigenvalue weighted by Crippen LogP contribution is 2.28. The highest BCUT2D eigenvalue weighted by Gasteiger charge is 2.31. The molecule has 3 nitrogen and oxygen atoms in total. The smallest absolute Gasteiger partial charge is 0.225 e. The third-order valence-corrected chi connectivity index (χ3v) is 3.83. The van der Waals surface area contributed by atoms with Gasteiger partial charge in [-0.05, 0) is 43.7 Å². The molecule has 1 atom stereocenters. The number of para-hydroxylation sites is 1. The number of amides is 1. The first-order valence-electron chi connectivity index (χ1n) is 7.80. The van der Waals surface area contributed by atoms with Crippen molar-refractivity contribution in [2.24, 2.45) is 11.3 Å². The van der Waals surface area contributed by atoms with Crippen molar-refractivity contribution < 1.29 is 4.79 Å². The molecule has 0 saturated heterocycles. The van der Waals surface area contributed by atoms with Gasteiger partial charge in [-0.1, -0.05) is 39.0 Å². The Balaban J connectivity index is 1.99.